The molecule has 3 fully saturated rings. The summed E-state index contributed by atoms with van der Waals surface area (Å²) in [6.45, 7) is 8.64. The summed E-state index contributed by atoms with van der Waals surface area (Å²) in [5.74, 6) is -2.20. The third kappa shape index (κ3) is 8.17. The minimum absolute atomic E-state index is 0.105. The maximum atomic E-state index is 13.3. The van der Waals surface area contributed by atoms with E-state index in [0.717, 1.165) is 13.1 Å². The minimum atomic E-state index is -4.02. The van der Waals surface area contributed by atoms with Crippen LogP contribution in [0.15, 0.2) is 0 Å². The van der Waals surface area contributed by atoms with Gasteiger partial charge in [0.2, 0.25) is 5.91 Å². The predicted octanol–water partition coefficient (Wildman–Crippen LogP) is 1.91. The second-order valence-corrected chi connectivity index (χ2v) is 11.7. The normalized spacial score (nSPS) is 26.8. The molecule has 0 aromatic carbocycles. The SMILES string of the molecule is CC(C)OOCOP(=O)(COC(=O)C1C2CCC(O2)C1C(=O)N1CCN(C)CC1)OCOOC(C)C. The summed E-state index contributed by atoms with van der Waals surface area (Å²) in [5.41, 5.74) is 0. The van der Waals surface area contributed by atoms with Crippen molar-refractivity contribution in [3.8, 4) is 0 Å². The zero-order chi connectivity index (χ0) is 26.3. The highest BCUT2D eigenvalue weighted by Gasteiger charge is 2.57. The number of nitrogens with zero attached hydrogens (tertiary/aromatic N) is 2. The van der Waals surface area contributed by atoms with Crippen LogP contribution in [0.3, 0.4) is 0 Å². The third-order valence-electron chi connectivity index (χ3n) is 6.13. The Labute approximate surface area is 211 Å². The van der Waals surface area contributed by atoms with Crippen LogP contribution in [0.1, 0.15) is 40.5 Å². The monoisotopic (exact) mass is 538 g/mol. The lowest BCUT2D eigenvalue weighted by molar-refractivity contribution is -0.350. The first-order valence-electron chi connectivity index (χ1n) is 12.3. The van der Waals surface area contributed by atoms with Crippen LogP contribution in [0.5, 0.6) is 0 Å². The first kappa shape index (κ1) is 29.4. The highest BCUT2D eigenvalue weighted by molar-refractivity contribution is 7.53. The Balaban J connectivity index is 1.59. The molecular formula is C22H39N2O11P. The zero-order valence-electron chi connectivity index (χ0n) is 21.7. The molecule has 4 atom stereocenters. The number of rotatable bonds is 14. The summed E-state index contributed by atoms with van der Waals surface area (Å²) in [6, 6.07) is 0. The highest BCUT2D eigenvalue weighted by atomic mass is 31.2. The quantitative estimate of drug-likeness (QED) is 0.0799. The molecule has 14 heteroatoms. The van der Waals surface area contributed by atoms with E-state index in [2.05, 4.69) is 4.90 Å². The van der Waals surface area contributed by atoms with Crippen molar-refractivity contribution in [2.24, 2.45) is 11.8 Å². The van der Waals surface area contributed by atoms with Gasteiger partial charge in [0.25, 0.3) is 0 Å². The van der Waals surface area contributed by atoms with Crippen LogP contribution < -0.4 is 0 Å². The van der Waals surface area contributed by atoms with E-state index in [-0.39, 0.29) is 24.2 Å². The molecule has 1 amide bonds. The summed E-state index contributed by atoms with van der Waals surface area (Å²) in [6.07, 6.45) is -0.584. The van der Waals surface area contributed by atoms with Gasteiger partial charge in [-0.05, 0) is 47.6 Å². The Kier molecular flexibility index (Phi) is 11.1. The second-order valence-electron chi connectivity index (χ2n) is 9.69. The molecule has 2 bridgehead atoms. The molecule has 0 aromatic rings. The highest BCUT2D eigenvalue weighted by Crippen LogP contribution is 2.50. The lowest BCUT2D eigenvalue weighted by Gasteiger charge is -2.36. The van der Waals surface area contributed by atoms with Crippen LogP contribution in [0.2, 0.25) is 0 Å². The summed E-state index contributed by atoms with van der Waals surface area (Å²) < 4.78 is 34.9. The maximum absolute atomic E-state index is 13.3. The van der Waals surface area contributed by atoms with Crippen LogP contribution in [0.25, 0.3) is 0 Å². The molecule has 3 aliphatic heterocycles. The van der Waals surface area contributed by atoms with E-state index in [0.29, 0.717) is 25.9 Å². The summed E-state index contributed by atoms with van der Waals surface area (Å²) in [4.78, 5) is 49.9. The number of fused-ring (bicyclic) bond motifs is 2. The number of ether oxygens (including phenoxy) is 2. The van der Waals surface area contributed by atoms with Gasteiger partial charge in [-0.3, -0.25) is 23.2 Å². The minimum Gasteiger partial charge on any atom is -0.452 e. The molecular weight excluding hydrogens is 499 g/mol. The van der Waals surface area contributed by atoms with Crippen molar-refractivity contribution in [1.29, 1.82) is 0 Å². The van der Waals surface area contributed by atoms with Gasteiger partial charge < -0.3 is 19.3 Å². The fourth-order valence-corrected chi connectivity index (χ4v) is 5.33. The number of piperazine rings is 1. The van der Waals surface area contributed by atoms with Crippen molar-refractivity contribution in [2.45, 2.75) is 65.0 Å². The number of esters is 1. The van der Waals surface area contributed by atoms with Gasteiger partial charge in [-0.15, -0.1) is 0 Å². The molecule has 3 rings (SSSR count). The van der Waals surface area contributed by atoms with Crippen molar-refractivity contribution in [1.82, 2.24) is 9.80 Å². The van der Waals surface area contributed by atoms with Gasteiger partial charge in [-0.2, -0.15) is 0 Å². The molecule has 3 aliphatic rings. The largest absolute Gasteiger partial charge is 0.452 e. The Bertz CT molecular complexity index is 755. The van der Waals surface area contributed by atoms with Crippen LogP contribution in [0.4, 0.5) is 0 Å². The molecule has 0 N–H and O–H groups in total. The summed E-state index contributed by atoms with van der Waals surface area (Å²) in [5, 5.41) is 0. The fourth-order valence-electron chi connectivity index (χ4n) is 4.41. The van der Waals surface area contributed by atoms with E-state index < -0.39 is 51.4 Å². The van der Waals surface area contributed by atoms with Crippen LogP contribution in [-0.2, 0) is 52.2 Å². The molecule has 208 valence electrons. The molecule has 0 aliphatic carbocycles. The van der Waals surface area contributed by atoms with Crippen LogP contribution in [0, 0.1) is 11.8 Å². The summed E-state index contributed by atoms with van der Waals surface area (Å²) >= 11 is 0. The molecule has 0 saturated carbocycles. The van der Waals surface area contributed by atoms with E-state index >= 15 is 0 Å². The Hall–Kier alpha value is -1.15. The molecule has 13 nitrogen and oxygen atoms in total. The number of amides is 1. The van der Waals surface area contributed by atoms with Gasteiger partial charge in [-0.25, -0.2) is 19.6 Å². The smallest absolute Gasteiger partial charge is 0.372 e. The molecule has 4 unspecified atom stereocenters. The van der Waals surface area contributed by atoms with Gasteiger partial charge in [0, 0.05) is 26.2 Å². The standard InChI is InChI=1S/C22H39N2O11P/c1-15(2)34-29-12-31-36(27,32-13-30-35-16(3)4)14-28-22(26)20-18-7-6-17(33-18)19(20)21(25)24-10-8-23(5)9-11-24/h15-20H,6-14H2,1-5H3. The topological polar surface area (TPSA) is 132 Å². The van der Waals surface area contributed by atoms with E-state index in [9.17, 15) is 14.2 Å². The van der Waals surface area contributed by atoms with Crippen molar-refractivity contribution in [3.05, 3.63) is 0 Å². The van der Waals surface area contributed by atoms with Crippen molar-refractivity contribution >= 4 is 19.5 Å². The molecule has 0 aromatic heterocycles. The van der Waals surface area contributed by atoms with E-state index in [4.69, 9.17) is 38.1 Å². The molecule has 0 radical (unpaired) electrons. The molecule has 36 heavy (non-hydrogen) atoms. The van der Waals surface area contributed by atoms with Gasteiger partial charge in [0.1, 0.15) is 0 Å². The molecule has 3 saturated heterocycles. The third-order valence-corrected chi connectivity index (χ3v) is 7.57. The maximum Gasteiger partial charge on any atom is 0.372 e. The Morgan fingerprint density at radius 2 is 1.42 bits per heavy atom. The summed E-state index contributed by atoms with van der Waals surface area (Å²) in [7, 11) is -2.02. The number of likely N-dealkylation sites (N-methyl/N-ethyl adjacent to an activating group) is 1. The van der Waals surface area contributed by atoms with Gasteiger partial charge in [-0.1, -0.05) is 0 Å². The molecule has 3 heterocycles. The van der Waals surface area contributed by atoms with Gasteiger partial charge >= 0.3 is 13.6 Å². The second kappa shape index (κ2) is 13.6. The van der Waals surface area contributed by atoms with Gasteiger partial charge in [0.05, 0.1) is 36.3 Å². The fraction of sp³-hybridized carbons (Fsp3) is 0.909. The zero-order valence-corrected chi connectivity index (χ0v) is 22.6. The van der Waals surface area contributed by atoms with Gasteiger partial charge in [0.15, 0.2) is 19.9 Å². The average Bonchev–Trinajstić information content (AvgIpc) is 3.45. The number of carbonyl (C=O) groups excluding carboxylic acids is 2. The number of hydrogen-bond donors (Lipinski definition) is 0. The number of hydrogen-bond acceptors (Lipinski definition) is 12. The molecule has 0 spiro atoms. The van der Waals surface area contributed by atoms with Crippen LogP contribution in [-0.4, -0.2) is 99.3 Å². The average molecular weight is 539 g/mol. The lowest BCUT2D eigenvalue weighted by atomic mass is 9.78. The number of carbonyl (C=O) groups is 2. The first-order valence-corrected chi connectivity index (χ1v) is 14.1. The van der Waals surface area contributed by atoms with Crippen molar-refractivity contribution in [3.63, 3.8) is 0 Å². The van der Waals surface area contributed by atoms with E-state index in [1.54, 1.807) is 32.6 Å². The van der Waals surface area contributed by atoms with Crippen molar-refractivity contribution < 1.29 is 52.2 Å². The van der Waals surface area contributed by atoms with E-state index in [1.165, 1.54) is 0 Å². The first-order chi connectivity index (χ1) is 17.1. The Morgan fingerprint density at radius 3 is 1.94 bits per heavy atom. The predicted molar refractivity (Wildman–Crippen MR) is 124 cm³/mol. The van der Waals surface area contributed by atoms with Crippen molar-refractivity contribution in [2.75, 3.05) is 53.2 Å². The Morgan fingerprint density at radius 1 is 0.889 bits per heavy atom. The lowest BCUT2D eigenvalue weighted by Crippen LogP contribution is -2.52. The van der Waals surface area contributed by atoms with E-state index in [1.807, 2.05) is 7.05 Å². The van der Waals surface area contributed by atoms with Crippen LogP contribution >= 0.6 is 7.60 Å².